The smallest absolute Gasteiger partial charge is 0.258 e. The molecular formula is C17H17F2NO3. The van der Waals surface area contributed by atoms with Crippen molar-refractivity contribution in [3.63, 3.8) is 0 Å². The lowest BCUT2D eigenvalue weighted by atomic mass is 10.1. The SMILES string of the molecule is CO[C@@H](CNC(=O)COc1ccccc1F)c1cccc(F)c1. The zero-order chi connectivity index (χ0) is 16.7. The number of amides is 1. The molecule has 0 saturated carbocycles. The molecule has 1 amide bonds. The Bertz CT molecular complexity index is 664. The number of rotatable bonds is 7. The average Bonchev–Trinajstić information content (AvgIpc) is 2.55. The third kappa shape index (κ3) is 5.03. The molecule has 0 bridgehead atoms. The lowest BCUT2D eigenvalue weighted by molar-refractivity contribution is -0.123. The Kier molecular flexibility index (Phi) is 6.05. The first kappa shape index (κ1) is 16.9. The Hall–Kier alpha value is -2.47. The van der Waals surface area contributed by atoms with E-state index >= 15 is 0 Å². The van der Waals surface area contributed by atoms with E-state index in [0.717, 1.165) is 0 Å². The largest absolute Gasteiger partial charge is 0.481 e. The predicted molar refractivity (Wildman–Crippen MR) is 81.1 cm³/mol. The average molecular weight is 321 g/mol. The van der Waals surface area contributed by atoms with E-state index in [4.69, 9.17) is 9.47 Å². The zero-order valence-corrected chi connectivity index (χ0v) is 12.6. The molecule has 0 spiro atoms. The zero-order valence-electron chi connectivity index (χ0n) is 12.6. The third-order valence-electron chi connectivity index (χ3n) is 3.19. The summed E-state index contributed by atoms with van der Waals surface area (Å²) in [6, 6.07) is 11.8. The van der Waals surface area contributed by atoms with E-state index in [1.807, 2.05) is 0 Å². The van der Waals surface area contributed by atoms with Crippen LogP contribution in [-0.4, -0.2) is 26.2 Å². The first-order chi connectivity index (χ1) is 11.1. The molecular weight excluding hydrogens is 304 g/mol. The highest BCUT2D eigenvalue weighted by Gasteiger charge is 2.13. The fourth-order valence-electron chi connectivity index (χ4n) is 2.01. The maximum absolute atomic E-state index is 13.4. The van der Waals surface area contributed by atoms with Gasteiger partial charge in [0.15, 0.2) is 18.2 Å². The van der Waals surface area contributed by atoms with Crippen LogP contribution in [0.4, 0.5) is 8.78 Å². The van der Waals surface area contributed by atoms with E-state index in [-0.39, 0.29) is 24.7 Å². The van der Waals surface area contributed by atoms with Crippen molar-refractivity contribution in [2.75, 3.05) is 20.3 Å². The van der Waals surface area contributed by atoms with Gasteiger partial charge in [0.1, 0.15) is 5.82 Å². The van der Waals surface area contributed by atoms with Gasteiger partial charge in [-0.05, 0) is 29.8 Å². The normalized spacial score (nSPS) is 11.8. The highest BCUT2D eigenvalue weighted by Crippen LogP contribution is 2.17. The van der Waals surface area contributed by atoms with Crippen molar-refractivity contribution in [1.29, 1.82) is 0 Å². The number of methoxy groups -OCH3 is 1. The number of hydrogen-bond acceptors (Lipinski definition) is 3. The van der Waals surface area contributed by atoms with Crippen molar-refractivity contribution < 1.29 is 23.0 Å². The van der Waals surface area contributed by atoms with E-state index in [2.05, 4.69) is 5.32 Å². The van der Waals surface area contributed by atoms with Gasteiger partial charge in [-0.25, -0.2) is 8.78 Å². The maximum atomic E-state index is 13.4. The Morgan fingerprint density at radius 3 is 2.65 bits per heavy atom. The molecule has 1 N–H and O–H groups in total. The van der Waals surface area contributed by atoms with Gasteiger partial charge in [-0.1, -0.05) is 24.3 Å². The van der Waals surface area contributed by atoms with Gasteiger partial charge in [-0.3, -0.25) is 4.79 Å². The van der Waals surface area contributed by atoms with Crippen molar-refractivity contribution in [3.05, 3.63) is 65.7 Å². The van der Waals surface area contributed by atoms with Gasteiger partial charge in [-0.2, -0.15) is 0 Å². The second-order valence-corrected chi connectivity index (χ2v) is 4.80. The lowest BCUT2D eigenvalue weighted by Crippen LogP contribution is -2.33. The number of nitrogens with one attached hydrogen (secondary N) is 1. The summed E-state index contributed by atoms with van der Waals surface area (Å²) >= 11 is 0. The number of ether oxygens (including phenoxy) is 2. The third-order valence-corrected chi connectivity index (χ3v) is 3.19. The summed E-state index contributed by atoms with van der Waals surface area (Å²) in [5, 5.41) is 2.61. The molecule has 122 valence electrons. The number of carbonyl (C=O) groups is 1. The first-order valence-corrected chi connectivity index (χ1v) is 7.02. The topological polar surface area (TPSA) is 47.6 Å². The molecule has 0 aliphatic rings. The van der Waals surface area contributed by atoms with Gasteiger partial charge >= 0.3 is 0 Å². The fraction of sp³-hybridized carbons (Fsp3) is 0.235. The quantitative estimate of drug-likeness (QED) is 0.853. The molecule has 4 nitrogen and oxygen atoms in total. The fourth-order valence-corrected chi connectivity index (χ4v) is 2.01. The second kappa shape index (κ2) is 8.24. The number of halogens is 2. The van der Waals surface area contributed by atoms with Crippen LogP contribution in [0.2, 0.25) is 0 Å². The summed E-state index contributed by atoms with van der Waals surface area (Å²) in [4.78, 5) is 11.8. The molecule has 23 heavy (non-hydrogen) atoms. The van der Waals surface area contributed by atoms with E-state index in [9.17, 15) is 13.6 Å². The van der Waals surface area contributed by atoms with Crippen LogP contribution in [0.15, 0.2) is 48.5 Å². The number of carbonyl (C=O) groups excluding carboxylic acids is 1. The summed E-state index contributed by atoms with van der Waals surface area (Å²) in [5.41, 5.74) is 0.614. The van der Waals surface area contributed by atoms with Crippen molar-refractivity contribution >= 4 is 5.91 Å². The van der Waals surface area contributed by atoms with Crippen molar-refractivity contribution in [2.24, 2.45) is 0 Å². The summed E-state index contributed by atoms with van der Waals surface area (Å²) in [6.07, 6.45) is -0.483. The molecule has 0 radical (unpaired) electrons. The molecule has 1 atom stereocenters. The minimum atomic E-state index is -0.533. The van der Waals surface area contributed by atoms with E-state index < -0.39 is 17.8 Å². The monoisotopic (exact) mass is 321 g/mol. The molecule has 6 heteroatoms. The van der Waals surface area contributed by atoms with E-state index in [1.165, 1.54) is 37.4 Å². The molecule has 0 aromatic heterocycles. The van der Waals surface area contributed by atoms with Gasteiger partial charge in [-0.15, -0.1) is 0 Å². The number of benzene rings is 2. The van der Waals surface area contributed by atoms with Crippen LogP contribution < -0.4 is 10.1 Å². The maximum Gasteiger partial charge on any atom is 0.258 e. The Balaban J connectivity index is 1.84. The van der Waals surface area contributed by atoms with Crippen molar-refractivity contribution in [1.82, 2.24) is 5.32 Å². The Morgan fingerprint density at radius 1 is 1.17 bits per heavy atom. The Labute approximate surface area is 133 Å². The molecule has 0 aliphatic heterocycles. The van der Waals surface area contributed by atoms with Gasteiger partial charge < -0.3 is 14.8 Å². The van der Waals surface area contributed by atoms with Gasteiger partial charge in [0.05, 0.1) is 6.10 Å². The van der Waals surface area contributed by atoms with Crippen molar-refractivity contribution in [2.45, 2.75) is 6.10 Å². The standard InChI is InChI=1S/C17H17F2NO3/c1-22-16(12-5-4-6-13(18)9-12)10-20-17(21)11-23-15-8-3-2-7-14(15)19/h2-9,16H,10-11H2,1H3,(H,20,21)/t16-/m0/s1. The van der Waals surface area contributed by atoms with Crippen LogP contribution in [0.5, 0.6) is 5.75 Å². The molecule has 0 heterocycles. The summed E-state index contributed by atoms with van der Waals surface area (Å²) in [5.74, 6) is -1.32. The van der Waals surface area contributed by atoms with E-state index in [0.29, 0.717) is 5.56 Å². The predicted octanol–water partition coefficient (Wildman–Crippen LogP) is 2.85. The van der Waals surface area contributed by atoms with Crippen LogP contribution >= 0.6 is 0 Å². The minimum absolute atomic E-state index is 0.0103. The first-order valence-electron chi connectivity index (χ1n) is 7.02. The highest BCUT2D eigenvalue weighted by molar-refractivity contribution is 5.77. The molecule has 0 fully saturated rings. The highest BCUT2D eigenvalue weighted by atomic mass is 19.1. The second-order valence-electron chi connectivity index (χ2n) is 4.80. The molecule has 2 aromatic rings. The molecule has 0 aliphatic carbocycles. The molecule has 0 unspecified atom stereocenters. The van der Waals surface area contributed by atoms with Gasteiger partial charge in [0.25, 0.3) is 5.91 Å². The van der Waals surface area contributed by atoms with Gasteiger partial charge in [0.2, 0.25) is 0 Å². The number of para-hydroxylation sites is 1. The van der Waals surface area contributed by atoms with Crippen molar-refractivity contribution in [3.8, 4) is 5.75 Å². The molecule has 2 aromatic carbocycles. The summed E-state index contributed by atoms with van der Waals surface area (Å²) < 4.78 is 36.9. The number of hydrogen-bond donors (Lipinski definition) is 1. The summed E-state index contributed by atoms with van der Waals surface area (Å²) in [6.45, 7) is -0.167. The van der Waals surface area contributed by atoms with Crippen LogP contribution in [-0.2, 0) is 9.53 Å². The van der Waals surface area contributed by atoms with Gasteiger partial charge in [0, 0.05) is 13.7 Å². The van der Waals surface area contributed by atoms with E-state index in [1.54, 1.807) is 18.2 Å². The minimum Gasteiger partial charge on any atom is -0.481 e. The van der Waals surface area contributed by atoms with Crippen LogP contribution in [0.3, 0.4) is 0 Å². The molecule has 2 rings (SSSR count). The van der Waals surface area contributed by atoms with Crippen LogP contribution in [0.1, 0.15) is 11.7 Å². The lowest BCUT2D eigenvalue weighted by Gasteiger charge is -2.16. The Morgan fingerprint density at radius 2 is 1.96 bits per heavy atom. The summed E-state index contributed by atoms with van der Waals surface area (Å²) in [7, 11) is 1.47. The molecule has 0 saturated heterocycles. The van der Waals surface area contributed by atoms with Crippen LogP contribution in [0.25, 0.3) is 0 Å². The van der Waals surface area contributed by atoms with Crippen LogP contribution in [0, 0.1) is 11.6 Å².